The molecule has 2 saturated carbocycles. The molecule has 5 amide bonds. The van der Waals surface area contributed by atoms with Gasteiger partial charge in [-0.15, -0.1) is 0 Å². The lowest BCUT2D eigenvalue weighted by molar-refractivity contribution is -0.138. The van der Waals surface area contributed by atoms with Crippen molar-refractivity contribution in [1.29, 1.82) is 0 Å². The number of likely N-dealkylation sites (tertiary alicyclic amines) is 2. The largest absolute Gasteiger partial charge is 0.496 e. The molecule has 3 unspecified atom stereocenters. The third-order valence-corrected chi connectivity index (χ3v) is 12.7. The summed E-state index contributed by atoms with van der Waals surface area (Å²) in [5.41, 5.74) is 13.5. The molecular weight excluding hydrogens is 749 g/mol. The van der Waals surface area contributed by atoms with Crippen LogP contribution in [0.5, 0.6) is 5.75 Å². The minimum atomic E-state index is -0.533. The van der Waals surface area contributed by atoms with Crippen LogP contribution in [0.3, 0.4) is 0 Å². The Morgan fingerprint density at radius 3 is 2.08 bits per heavy atom. The zero-order valence-corrected chi connectivity index (χ0v) is 35.6. The van der Waals surface area contributed by atoms with Gasteiger partial charge >= 0.3 is 0 Å². The van der Waals surface area contributed by atoms with Crippen molar-refractivity contribution in [3.63, 3.8) is 0 Å². The van der Waals surface area contributed by atoms with Crippen molar-refractivity contribution in [1.82, 2.24) is 30.7 Å². The maximum absolute atomic E-state index is 13.1. The number of nitrogens with two attached hydrogens (primary N) is 2. The Kier molecular flexibility index (Phi) is 20.1. The van der Waals surface area contributed by atoms with E-state index < -0.39 is 12.1 Å². The highest BCUT2D eigenvalue weighted by atomic mass is 16.5. The molecule has 2 aliphatic carbocycles. The van der Waals surface area contributed by atoms with Gasteiger partial charge in [-0.25, -0.2) is 0 Å². The molecule has 1 aromatic heterocycles. The fraction of sp³-hybridized carbons (Fsp3) is 0.644. The summed E-state index contributed by atoms with van der Waals surface area (Å²) in [4.78, 5) is 66.6. The van der Waals surface area contributed by atoms with E-state index in [9.17, 15) is 24.0 Å². The van der Waals surface area contributed by atoms with Gasteiger partial charge in [0.1, 0.15) is 17.8 Å². The van der Waals surface area contributed by atoms with E-state index in [-0.39, 0.29) is 36.1 Å². The number of nitrogens with one attached hydrogen (secondary N) is 3. The highest BCUT2D eigenvalue weighted by molar-refractivity contribution is 5.88. The van der Waals surface area contributed by atoms with Crippen LogP contribution >= 0.6 is 0 Å². The molecule has 2 saturated heterocycles. The molecule has 2 aromatic rings. The Balaban J connectivity index is 0.000000211. The average molecular weight is 819 g/mol. The average Bonchev–Trinajstić information content (AvgIpc) is 3.97. The molecule has 4 fully saturated rings. The molecule has 0 spiro atoms. The fourth-order valence-corrected chi connectivity index (χ4v) is 9.42. The number of amides is 5. The minimum absolute atomic E-state index is 0.0506. The predicted molar refractivity (Wildman–Crippen MR) is 229 cm³/mol. The number of rotatable bonds is 14. The third-order valence-electron chi connectivity index (χ3n) is 12.7. The molecule has 5 atom stereocenters. The molecule has 14 heteroatoms. The number of hydrogen-bond donors (Lipinski definition) is 5. The number of benzene rings is 1. The maximum Gasteiger partial charge on any atom is 0.242 e. The van der Waals surface area contributed by atoms with Gasteiger partial charge in [-0.1, -0.05) is 82.4 Å². The number of carbonyl (C=O) groups is 5. The number of ether oxygens (including phenoxy) is 1. The summed E-state index contributed by atoms with van der Waals surface area (Å²) in [5, 5.41) is 7.70. The maximum atomic E-state index is 13.1. The number of methoxy groups -OCH3 is 1. The summed E-state index contributed by atoms with van der Waals surface area (Å²) in [6.07, 6.45) is 20.2. The first kappa shape index (κ1) is 47.1. The van der Waals surface area contributed by atoms with Crippen LogP contribution in [0.15, 0.2) is 48.8 Å². The lowest BCUT2D eigenvalue weighted by Gasteiger charge is -2.28. The van der Waals surface area contributed by atoms with Crippen molar-refractivity contribution in [2.24, 2.45) is 35.1 Å². The van der Waals surface area contributed by atoms with Crippen molar-refractivity contribution in [2.75, 3.05) is 47.4 Å². The van der Waals surface area contributed by atoms with Crippen molar-refractivity contribution < 1.29 is 28.7 Å². The molecule has 2 aliphatic heterocycles. The van der Waals surface area contributed by atoms with Gasteiger partial charge in [0.2, 0.25) is 30.0 Å². The number of likely N-dealkylation sites (N-methyl/N-ethyl adjacent to an activating group) is 2. The second-order valence-electron chi connectivity index (χ2n) is 16.5. The van der Waals surface area contributed by atoms with Gasteiger partial charge < -0.3 is 42.0 Å². The number of para-hydroxylation sites is 1. The molecule has 6 rings (SSSR count). The molecule has 1 aromatic carbocycles. The van der Waals surface area contributed by atoms with Gasteiger partial charge in [-0.2, -0.15) is 0 Å². The molecule has 7 N–H and O–H groups in total. The van der Waals surface area contributed by atoms with E-state index in [1.807, 2.05) is 41.3 Å². The Morgan fingerprint density at radius 2 is 1.49 bits per heavy atom. The van der Waals surface area contributed by atoms with Gasteiger partial charge in [0.05, 0.1) is 7.11 Å². The number of hydrogen-bond acceptors (Lipinski definition) is 9. The van der Waals surface area contributed by atoms with Crippen LogP contribution in [0.25, 0.3) is 0 Å². The van der Waals surface area contributed by atoms with E-state index in [4.69, 9.17) is 16.2 Å². The van der Waals surface area contributed by atoms with Gasteiger partial charge in [-0.05, 0) is 60.3 Å². The van der Waals surface area contributed by atoms with E-state index in [1.54, 1.807) is 31.5 Å². The van der Waals surface area contributed by atoms with Crippen LogP contribution in [0.1, 0.15) is 107 Å². The predicted octanol–water partition coefficient (Wildman–Crippen LogP) is 3.88. The number of carbonyl (C=O) groups excluding carboxylic acids is 5. The highest BCUT2D eigenvalue weighted by Crippen LogP contribution is 2.39. The standard InChI is InChI=1S/C22H33N3O3.C13H24N2O.C10H13N3O2/c1-24-22(27)19-12-16(15-8-4-3-5-9-15)14-25(19)21(26)13-18(23)17-10-6-7-11-20(17)28-2;14-8-6-13(16)15-9-7-12(10-15)11-4-2-1-3-5-11;1-11-10(15)9(13-7-14)6-8-2-4-12-5-3-8/h6-7,10-11,15-16,18-19H,3-5,8-9,12-14,23H2,1-2H3,(H,24,27);11-12H,1-10,14H2;2-5,7,9H,6H2,1H3,(H,11,15)(H,13,14)/t16?,18-,19-;;/m0../s1. The van der Waals surface area contributed by atoms with Crippen molar-refractivity contribution >= 4 is 30.0 Å². The summed E-state index contributed by atoms with van der Waals surface area (Å²) >= 11 is 0. The first-order chi connectivity index (χ1) is 28.6. The molecule has 14 nitrogen and oxygen atoms in total. The number of aromatic nitrogens is 1. The monoisotopic (exact) mass is 819 g/mol. The SMILES string of the molecule is CNC(=O)C(Cc1ccncc1)NC=O.CNC(=O)[C@@H]1CC(C2CCCCC2)CN1C(=O)C[C@H](N)c1ccccc1OC.NCCC(=O)N1CCC(C2CCCCC2)C1. The van der Waals surface area contributed by atoms with Crippen molar-refractivity contribution in [2.45, 2.75) is 114 Å². The zero-order valence-electron chi connectivity index (χ0n) is 35.6. The Labute approximate surface area is 351 Å². The van der Waals surface area contributed by atoms with Crippen LogP contribution in [0, 0.1) is 23.7 Å². The molecule has 3 heterocycles. The fourth-order valence-electron chi connectivity index (χ4n) is 9.42. The molecule has 59 heavy (non-hydrogen) atoms. The molecule has 0 bridgehead atoms. The molecule has 0 radical (unpaired) electrons. The van der Waals surface area contributed by atoms with Crippen LogP contribution in [-0.2, 0) is 30.4 Å². The first-order valence-electron chi connectivity index (χ1n) is 21.8. The van der Waals surface area contributed by atoms with Gasteiger partial charge in [0.15, 0.2) is 0 Å². The van der Waals surface area contributed by atoms with Crippen LogP contribution in [-0.4, -0.2) is 104 Å². The smallest absolute Gasteiger partial charge is 0.242 e. The van der Waals surface area contributed by atoms with E-state index in [0.29, 0.717) is 49.9 Å². The first-order valence-corrected chi connectivity index (χ1v) is 21.8. The lowest BCUT2D eigenvalue weighted by Crippen LogP contribution is -2.45. The van der Waals surface area contributed by atoms with Gasteiger partial charge in [0, 0.05) is 83.5 Å². The molecular formula is C45H70N8O6. The second kappa shape index (κ2) is 25.2. The summed E-state index contributed by atoms with van der Waals surface area (Å²) in [6, 6.07) is 9.76. The zero-order chi connectivity index (χ0) is 42.6. The quantitative estimate of drug-likeness (QED) is 0.176. The second-order valence-corrected chi connectivity index (χ2v) is 16.5. The van der Waals surface area contributed by atoms with Crippen LogP contribution < -0.4 is 32.2 Å². The minimum Gasteiger partial charge on any atom is -0.496 e. The van der Waals surface area contributed by atoms with E-state index in [0.717, 1.165) is 42.5 Å². The Morgan fingerprint density at radius 1 is 0.847 bits per heavy atom. The number of pyridine rings is 1. The van der Waals surface area contributed by atoms with Crippen LogP contribution in [0.4, 0.5) is 0 Å². The third kappa shape index (κ3) is 14.3. The van der Waals surface area contributed by atoms with Gasteiger partial charge in [-0.3, -0.25) is 29.0 Å². The van der Waals surface area contributed by atoms with Gasteiger partial charge in [0.25, 0.3) is 0 Å². The summed E-state index contributed by atoms with van der Waals surface area (Å²) in [6.45, 7) is 3.13. The molecule has 4 aliphatic rings. The van der Waals surface area contributed by atoms with Crippen LogP contribution in [0.2, 0.25) is 0 Å². The normalized spacial score (nSPS) is 21.7. The molecule has 326 valence electrons. The van der Waals surface area contributed by atoms with E-state index >= 15 is 0 Å². The summed E-state index contributed by atoms with van der Waals surface area (Å²) in [5.74, 6) is 3.33. The summed E-state index contributed by atoms with van der Waals surface area (Å²) in [7, 11) is 4.78. The Bertz CT molecular complexity index is 1600. The van der Waals surface area contributed by atoms with Crippen molar-refractivity contribution in [3.05, 3.63) is 59.9 Å². The summed E-state index contributed by atoms with van der Waals surface area (Å²) < 4.78 is 5.38. The number of nitrogens with zero attached hydrogens (tertiary/aromatic N) is 3. The van der Waals surface area contributed by atoms with E-state index in [1.165, 1.54) is 77.7 Å². The van der Waals surface area contributed by atoms with Crippen molar-refractivity contribution in [3.8, 4) is 5.75 Å². The lowest BCUT2D eigenvalue weighted by atomic mass is 9.79. The Hall–Kier alpha value is -4.56. The topological polar surface area (TPSA) is 202 Å². The van der Waals surface area contributed by atoms with E-state index in [2.05, 4.69) is 20.9 Å². The highest BCUT2D eigenvalue weighted by Gasteiger charge is 2.42.